The van der Waals surface area contributed by atoms with Crippen molar-refractivity contribution in [2.45, 2.75) is 58.2 Å². The van der Waals surface area contributed by atoms with Crippen LogP contribution in [-0.4, -0.2) is 60.3 Å². The molecule has 2 rings (SSSR count). The maximum Gasteiger partial charge on any atom is 0.252 e. The van der Waals surface area contributed by atoms with Gasteiger partial charge in [-0.3, -0.25) is 24.0 Å². The molecule has 0 aliphatic carbocycles. The summed E-state index contributed by atoms with van der Waals surface area (Å²) < 4.78 is 0. The summed E-state index contributed by atoms with van der Waals surface area (Å²) in [6.45, 7) is 5.72. The Kier molecular flexibility index (Phi) is 9.45. The zero-order valence-electron chi connectivity index (χ0n) is 20.2. The number of carbonyl (C=O) groups is 4. The zero-order valence-corrected chi connectivity index (χ0v) is 20.9. The average molecular weight is 507 g/mol. The third-order valence-corrected chi connectivity index (χ3v) is 5.89. The van der Waals surface area contributed by atoms with Crippen LogP contribution in [0.2, 0.25) is 5.02 Å². The number of carbonyl (C=O) groups excluding carboxylic acids is 4. The van der Waals surface area contributed by atoms with E-state index in [1.165, 1.54) is 30.2 Å². The fraction of sp³-hybridized carbons (Fsp3) is 0.522. The van der Waals surface area contributed by atoms with Gasteiger partial charge in [0, 0.05) is 12.1 Å². The number of halogens is 1. The van der Waals surface area contributed by atoms with Gasteiger partial charge >= 0.3 is 0 Å². The van der Waals surface area contributed by atoms with E-state index in [1.54, 1.807) is 20.8 Å². The van der Waals surface area contributed by atoms with Gasteiger partial charge in [0.15, 0.2) is 0 Å². The van der Waals surface area contributed by atoms with Gasteiger partial charge in [-0.1, -0.05) is 32.4 Å². The minimum Gasteiger partial charge on any atom is -0.398 e. The van der Waals surface area contributed by atoms with Crippen molar-refractivity contribution in [1.29, 1.82) is 5.26 Å². The van der Waals surface area contributed by atoms with Crippen molar-refractivity contribution in [1.82, 2.24) is 21.0 Å². The van der Waals surface area contributed by atoms with Crippen LogP contribution >= 0.6 is 11.6 Å². The second kappa shape index (κ2) is 11.9. The Balaban J connectivity index is 2.17. The van der Waals surface area contributed by atoms with Crippen molar-refractivity contribution in [2.24, 2.45) is 5.41 Å². The Hall–Kier alpha value is -3.36. The Morgan fingerprint density at radius 1 is 1.29 bits per heavy atom. The summed E-state index contributed by atoms with van der Waals surface area (Å²) in [5.41, 5.74) is 7.69. The number of hydroxylamine groups is 1. The first kappa shape index (κ1) is 27.9. The van der Waals surface area contributed by atoms with Crippen LogP contribution in [0.15, 0.2) is 18.2 Å². The SMILES string of the molecule is CONC(=O)C[C@@H](C#N)NC(=O)[C@@H]1CCCN1C(=O)[C@@H](NC(=O)c1ccc(N)c(Cl)c1)C(C)(C)C. The lowest BCUT2D eigenvalue weighted by Crippen LogP contribution is -2.58. The number of nitriles is 1. The maximum atomic E-state index is 13.6. The van der Waals surface area contributed by atoms with Crippen LogP contribution in [0.1, 0.15) is 50.4 Å². The monoisotopic (exact) mass is 506 g/mol. The summed E-state index contributed by atoms with van der Waals surface area (Å²) in [4.78, 5) is 57.0. The molecule has 1 saturated heterocycles. The minimum absolute atomic E-state index is 0.221. The number of rotatable bonds is 8. The first-order chi connectivity index (χ1) is 16.4. The quantitative estimate of drug-likeness (QED) is 0.303. The van der Waals surface area contributed by atoms with Gasteiger partial charge in [0.05, 0.1) is 30.3 Å². The molecule has 0 unspecified atom stereocenters. The van der Waals surface area contributed by atoms with Crippen LogP contribution in [0.4, 0.5) is 5.69 Å². The number of amides is 4. The molecule has 1 aliphatic heterocycles. The van der Waals surface area contributed by atoms with Crippen LogP contribution in [0.5, 0.6) is 0 Å². The predicted octanol–water partition coefficient (Wildman–Crippen LogP) is 1.13. The van der Waals surface area contributed by atoms with Crippen LogP contribution in [0.25, 0.3) is 0 Å². The smallest absolute Gasteiger partial charge is 0.252 e. The van der Waals surface area contributed by atoms with Crippen LogP contribution in [0.3, 0.4) is 0 Å². The Morgan fingerprint density at radius 3 is 2.54 bits per heavy atom. The third kappa shape index (κ3) is 7.31. The summed E-state index contributed by atoms with van der Waals surface area (Å²) in [6.07, 6.45) is 0.656. The lowest BCUT2D eigenvalue weighted by Gasteiger charge is -2.35. The van der Waals surface area contributed by atoms with E-state index < -0.39 is 47.2 Å². The highest BCUT2D eigenvalue weighted by Crippen LogP contribution is 2.27. The van der Waals surface area contributed by atoms with Gasteiger partial charge in [0.1, 0.15) is 18.1 Å². The molecular weight excluding hydrogens is 476 g/mol. The summed E-state index contributed by atoms with van der Waals surface area (Å²) in [5.74, 6) is -2.04. The molecule has 0 saturated carbocycles. The van der Waals surface area contributed by atoms with E-state index in [0.717, 1.165) is 0 Å². The third-order valence-electron chi connectivity index (χ3n) is 5.57. The molecule has 0 aromatic heterocycles. The highest BCUT2D eigenvalue weighted by Gasteiger charge is 2.42. The summed E-state index contributed by atoms with van der Waals surface area (Å²) >= 11 is 6.03. The molecule has 0 spiro atoms. The molecule has 1 fully saturated rings. The molecule has 3 atom stereocenters. The number of nitrogen functional groups attached to an aromatic ring is 1. The number of nitrogens with one attached hydrogen (secondary N) is 3. The molecule has 0 radical (unpaired) electrons. The lowest BCUT2D eigenvalue weighted by molar-refractivity contribution is -0.142. The van der Waals surface area contributed by atoms with Crippen molar-refractivity contribution in [3.05, 3.63) is 28.8 Å². The van der Waals surface area contributed by atoms with E-state index in [2.05, 4.69) is 21.0 Å². The first-order valence-electron chi connectivity index (χ1n) is 11.1. The second-order valence-corrected chi connectivity index (χ2v) is 9.73. The molecule has 1 heterocycles. The van der Waals surface area contributed by atoms with Gasteiger partial charge in [0.2, 0.25) is 17.7 Å². The molecule has 0 bridgehead atoms. The molecule has 4 amide bonds. The summed E-state index contributed by atoms with van der Waals surface area (Å²) in [7, 11) is 1.26. The highest BCUT2D eigenvalue weighted by molar-refractivity contribution is 6.33. The van der Waals surface area contributed by atoms with E-state index in [1.807, 2.05) is 6.07 Å². The van der Waals surface area contributed by atoms with Crippen LogP contribution in [-0.2, 0) is 19.2 Å². The molecule has 5 N–H and O–H groups in total. The predicted molar refractivity (Wildman–Crippen MR) is 129 cm³/mol. The van der Waals surface area contributed by atoms with Gasteiger partial charge in [0.25, 0.3) is 5.91 Å². The molecular formula is C23H31ClN6O5. The largest absolute Gasteiger partial charge is 0.398 e. The zero-order chi connectivity index (χ0) is 26.3. The molecule has 12 heteroatoms. The van der Waals surface area contributed by atoms with Crippen molar-refractivity contribution in [3.63, 3.8) is 0 Å². The number of anilines is 1. The topological polar surface area (TPSA) is 167 Å². The average Bonchev–Trinajstić information content (AvgIpc) is 3.27. The number of nitrogens with zero attached hydrogens (tertiary/aromatic N) is 2. The van der Waals surface area contributed by atoms with Gasteiger partial charge < -0.3 is 21.3 Å². The van der Waals surface area contributed by atoms with E-state index in [0.29, 0.717) is 25.1 Å². The number of hydrogen-bond acceptors (Lipinski definition) is 7. The standard InChI is InChI=1S/C23H31ClN6O5/c1-23(2,3)19(28-20(32)13-7-8-16(26)15(24)10-13)22(34)30-9-5-6-17(30)21(33)27-14(12-25)11-18(31)29-35-4/h7-8,10,14,17,19H,5-6,9,11,26H2,1-4H3,(H,27,33)(H,28,32)(H,29,31)/t14-,17-,19+/m0/s1. The van der Waals surface area contributed by atoms with Crippen molar-refractivity contribution in [3.8, 4) is 6.07 Å². The Morgan fingerprint density at radius 2 is 1.97 bits per heavy atom. The Labute approximate surface area is 209 Å². The van der Waals surface area contributed by atoms with E-state index in [9.17, 15) is 24.4 Å². The fourth-order valence-electron chi connectivity index (χ4n) is 3.74. The normalized spacial score (nSPS) is 17.1. The van der Waals surface area contributed by atoms with Crippen LogP contribution in [0, 0.1) is 16.7 Å². The fourth-order valence-corrected chi connectivity index (χ4v) is 3.92. The second-order valence-electron chi connectivity index (χ2n) is 9.32. The van der Waals surface area contributed by atoms with Gasteiger partial charge in [-0.25, -0.2) is 5.48 Å². The van der Waals surface area contributed by atoms with Gasteiger partial charge in [-0.15, -0.1) is 0 Å². The summed E-state index contributed by atoms with van der Waals surface area (Å²) in [5, 5.41) is 14.8. The highest BCUT2D eigenvalue weighted by atomic mass is 35.5. The van der Waals surface area contributed by atoms with Crippen molar-refractivity contribution >= 4 is 40.9 Å². The molecule has 1 aromatic carbocycles. The molecule has 1 aliphatic rings. The molecule has 35 heavy (non-hydrogen) atoms. The van der Waals surface area contributed by atoms with Crippen LogP contribution < -0.4 is 21.8 Å². The van der Waals surface area contributed by atoms with E-state index in [-0.39, 0.29) is 17.0 Å². The molecule has 190 valence electrons. The minimum atomic E-state index is -1.09. The van der Waals surface area contributed by atoms with Crippen molar-refractivity contribution < 1.29 is 24.0 Å². The van der Waals surface area contributed by atoms with E-state index >= 15 is 0 Å². The van der Waals surface area contributed by atoms with Gasteiger partial charge in [-0.05, 0) is 36.5 Å². The maximum absolute atomic E-state index is 13.6. The number of nitrogens with two attached hydrogens (primary N) is 1. The number of hydrogen-bond donors (Lipinski definition) is 4. The first-order valence-corrected chi connectivity index (χ1v) is 11.4. The lowest BCUT2D eigenvalue weighted by atomic mass is 9.85. The van der Waals surface area contributed by atoms with E-state index in [4.69, 9.17) is 17.3 Å². The number of benzene rings is 1. The Bertz CT molecular complexity index is 1020. The molecule has 1 aromatic rings. The molecule has 11 nitrogen and oxygen atoms in total. The van der Waals surface area contributed by atoms with Gasteiger partial charge in [-0.2, -0.15) is 5.26 Å². The number of likely N-dealkylation sites (tertiary alicyclic amines) is 1. The summed E-state index contributed by atoms with van der Waals surface area (Å²) in [6, 6.07) is 3.42. The van der Waals surface area contributed by atoms with Crippen molar-refractivity contribution in [2.75, 3.05) is 19.4 Å².